The van der Waals surface area contributed by atoms with Crippen molar-refractivity contribution in [2.75, 3.05) is 12.3 Å². The van der Waals surface area contributed by atoms with Crippen molar-refractivity contribution >= 4 is 11.9 Å². The van der Waals surface area contributed by atoms with E-state index in [9.17, 15) is 4.79 Å². The summed E-state index contributed by atoms with van der Waals surface area (Å²) in [5, 5.41) is 0. The summed E-state index contributed by atoms with van der Waals surface area (Å²) >= 11 is 0. The number of hydrazine groups is 1. The van der Waals surface area contributed by atoms with Crippen LogP contribution in [0.5, 0.6) is 5.75 Å². The Morgan fingerprint density at radius 2 is 2.13 bits per heavy atom. The number of benzene rings is 1. The lowest BCUT2D eigenvalue weighted by Gasteiger charge is -2.12. The zero-order valence-corrected chi connectivity index (χ0v) is 13.3. The highest BCUT2D eigenvalue weighted by Crippen LogP contribution is 2.27. The Morgan fingerprint density at radius 3 is 2.83 bits per heavy atom. The molecule has 2 aromatic rings. The fourth-order valence-corrected chi connectivity index (χ4v) is 2.21. The largest absolute Gasteiger partial charge is 0.494 e. The monoisotopic (exact) mass is 315 g/mol. The molecule has 0 aliphatic carbocycles. The third-order valence-corrected chi connectivity index (χ3v) is 3.34. The van der Waals surface area contributed by atoms with Gasteiger partial charge >= 0.3 is 0 Å². The minimum Gasteiger partial charge on any atom is -0.494 e. The average Bonchev–Trinajstić information content (AvgIpc) is 2.54. The molecule has 0 radical (unpaired) electrons. The van der Waals surface area contributed by atoms with Crippen molar-refractivity contribution in [2.24, 2.45) is 5.84 Å². The van der Waals surface area contributed by atoms with Gasteiger partial charge in [0.1, 0.15) is 5.75 Å². The number of carbonyl (C=O) groups is 1. The van der Waals surface area contributed by atoms with Crippen molar-refractivity contribution < 1.29 is 9.53 Å². The fourth-order valence-electron chi connectivity index (χ4n) is 2.21. The highest BCUT2D eigenvalue weighted by Gasteiger charge is 2.19. The molecule has 5 N–H and O–H groups in total. The molecule has 0 spiro atoms. The van der Waals surface area contributed by atoms with Gasteiger partial charge in [-0.1, -0.05) is 25.5 Å². The van der Waals surface area contributed by atoms with Gasteiger partial charge in [-0.05, 0) is 25.5 Å². The number of hydrogen-bond acceptors (Lipinski definition) is 6. The second-order valence-electron chi connectivity index (χ2n) is 5.09. The standard InChI is InChI=1S/C16H21N5O2/c1-3-4-8-23-12-7-5-6-11(9-12)14-13(15(22)21-18)10(2)19-16(17)20-14/h5-7,9H,3-4,8,18H2,1-2H3,(H,21,22)(H2,17,19,20). The predicted molar refractivity (Wildman–Crippen MR) is 88.7 cm³/mol. The lowest BCUT2D eigenvalue weighted by Crippen LogP contribution is -2.31. The number of aromatic nitrogens is 2. The Balaban J connectivity index is 2.45. The van der Waals surface area contributed by atoms with Crippen LogP contribution in [-0.4, -0.2) is 22.5 Å². The maximum atomic E-state index is 12.0. The van der Waals surface area contributed by atoms with Crippen LogP contribution >= 0.6 is 0 Å². The van der Waals surface area contributed by atoms with E-state index in [0.717, 1.165) is 18.4 Å². The highest BCUT2D eigenvalue weighted by molar-refractivity contribution is 6.00. The Morgan fingerprint density at radius 1 is 1.35 bits per heavy atom. The Kier molecular flexibility index (Phi) is 5.48. The number of hydrogen-bond donors (Lipinski definition) is 3. The number of aryl methyl sites for hydroxylation is 1. The molecule has 2 rings (SSSR count). The van der Waals surface area contributed by atoms with Crippen LogP contribution in [0, 0.1) is 6.92 Å². The van der Waals surface area contributed by atoms with Gasteiger partial charge in [0.2, 0.25) is 5.95 Å². The van der Waals surface area contributed by atoms with Gasteiger partial charge in [-0.2, -0.15) is 0 Å². The van der Waals surface area contributed by atoms with Gasteiger partial charge in [0.25, 0.3) is 5.91 Å². The number of amides is 1. The minimum atomic E-state index is -0.463. The lowest BCUT2D eigenvalue weighted by molar-refractivity contribution is 0.0953. The number of anilines is 1. The van der Waals surface area contributed by atoms with Crippen molar-refractivity contribution in [2.45, 2.75) is 26.7 Å². The molecule has 7 nitrogen and oxygen atoms in total. The summed E-state index contributed by atoms with van der Waals surface area (Å²) in [5.41, 5.74) is 9.76. The first-order chi connectivity index (χ1) is 11.1. The molecule has 0 atom stereocenters. The SMILES string of the molecule is CCCCOc1cccc(-c2nc(N)nc(C)c2C(=O)NN)c1. The Hall–Kier alpha value is -2.67. The number of carbonyl (C=O) groups excluding carboxylic acids is 1. The van der Waals surface area contributed by atoms with Crippen LogP contribution < -0.4 is 21.7 Å². The molecule has 0 saturated heterocycles. The molecule has 0 fully saturated rings. The first kappa shape index (κ1) is 16.7. The van der Waals surface area contributed by atoms with Crippen LogP contribution in [-0.2, 0) is 0 Å². The number of nitrogens with one attached hydrogen (secondary N) is 1. The van der Waals surface area contributed by atoms with Crippen LogP contribution in [0.4, 0.5) is 5.95 Å². The van der Waals surface area contributed by atoms with Crippen LogP contribution in [0.2, 0.25) is 0 Å². The maximum absolute atomic E-state index is 12.0. The van der Waals surface area contributed by atoms with Crippen LogP contribution in [0.25, 0.3) is 11.3 Å². The number of nitrogen functional groups attached to an aromatic ring is 2. The smallest absolute Gasteiger partial charge is 0.269 e. The highest BCUT2D eigenvalue weighted by atomic mass is 16.5. The predicted octanol–water partition coefficient (Wildman–Crippen LogP) is 1.82. The molecule has 7 heteroatoms. The summed E-state index contributed by atoms with van der Waals surface area (Å²) in [7, 11) is 0. The van der Waals surface area contributed by atoms with E-state index in [2.05, 4.69) is 22.3 Å². The summed E-state index contributed by atoms with van der Waals surface area (Å²) in [5.74, 6) is 5.61. The van der Waals surface area contributed by atoms with Crippen LogP contribution in [0.3, 0.4) is 0 Å². The number of nitrogens with zero attached hydrogens (tertiary/aromatic N) is 2. The van der Waals surface area contributed by atoms with Gasteiger partial charge in [-0.15, -0.1) is 0 Å². The zero-order valence-electron chi connectivity index (χ0n) is 13.3. The van der Waals surface area contributed by atoms with E-state index >= 15 is 0 Å². The zero-order chi connectivity index (χ0) is 16.8. The summed E-state index contributed by atoms with van der Waals surface area (Å²) in [4.78, 5) is 20.3. The Bertz CT molecular complexity index is 703. The van der Waals surface area contributed by atoms with E-state index in [4.69, 9.17) is 16.3 Å². The average molecular weight is 315 g/mol. The molecule has 23 heavy (non-hydrogen) atoms. The topological polar surface area (TPSA) is 116 Å². The van der Waals surface area contributed by atoms with Crippen molar-refractivity contribution in [1.29, 1.82) is 0 Å². The minimum absolute atomic E-state index is 0.100. The summed E-state index contributed by atoms with van der Waals surface area (Å²) in [6.45, 7) is 4.43. The van der Waals surface area contributed by atoms with Crippen LogP contribution in [0.1, 0.15) is 35.8 Å². The van der Waals surface area contributed by atoms with E-state index < -0.39 is 5.91 Å². The molecular weight excluding hydrogens is 294 g/mol. The molecule has 1 aromatic carbocycles. The first-order valence-corrected chi connectivity index (χ1v) is 7.45. The number of nitrogens with two attached hydrogens (primary N) is 2. The van der Waals surface area contributed by atoms with Crippen LogP contribution in [0.15, 0.2) is 24.3 Å². The van der Waals surface area contributed by atoms with E-state index in [1.165, 1.54) is 0 Å². The summed E-state index contributed by atoms with van der Waals surface area (Å²) in [6, 6.07) is 7.36. The van der Waals surface area contributed by atoms with E-state index in [0.29, 0.717) is 29.3 Å². The lowest BCUT2D eigenvalue weighted by atomic mass is 10.0. The van der Waals surface area contributed by atoms with E-state index in [-0.39, 0.29) is 5.95 Å². The summed E-state index contributed by atoms with van der Waals surface area (Å²) < 4.78 is 5.70. The molecule has 1 heterocycles. The second-order valence-corrected chi connectivity index (χ2v) is 5.09. The maximum Gasteiger partial charge on any atom is 0.269 e. The summed E-state index contributed by atoms with van der Waals surface area (Å²) in [6.07, 6.45) is 2.03. The molecule has 0 bridgehead atoms. The molecule has 0 saturated carbocycles. The fraction of sp³-hybridized carbons (Fsp3) is 0.312. The number of ether oxygens (including phenoxy) is 1. The van der Waals surface area contributed by atoms with E-state index in [1.54, 1.807) is 6.92 Å². The molecule has 1 aromatic heterocycles. The van der Waals surface area contributed by atoms with Crippen molar-refractivity contribution in [3.63, 3.8) is 0 Å². The molecule has 0 unspecified atom stereocenters. The van der Waals surface area contributed by atoms with Gasteiger partial charge in [0.05, 0.1) is 23.6 Å². The molecular formula is C16H21N5O2. The molecule has 0 aliphatic rings. The molecule has 122 valence electrons. The molecule has 1 amide bonds. The normalized spacial score (nSPS) is 10.4. The van der Waals surface area contributed by atoms with Crippen molar-refractivity contribution in [3.8, 4) is 17.0 Å². The van der Waals surface area contributed by atoms with Gasteiger partial charge in [-0.3, -0.25) is 10.2 Å². The van der Waals surface area contributed by atoms with Gasteiger partial charge in [0.15, 0.2) is 0 Å². The number of unbranched alkanes of at least 4 members (excludes halogenated alkanes) is 1. The third-order valence-electron chi connectivity index (χ3n) is 3.34. The van der Waals surface area contributed by atoms with E-state index in [1.807, 2.05) is 24.3 Å². The third kappa shape index (κ3) is 3.95. The molecule has 0 aliphatic heterocycles. The van der Waals surface area contributed by atoms with Gasteiger partial charge in [-0.25, -0.2) is 15.8 Å². The second kappa shape index (κ2) is 7.55. The number of rotatable bonds is 6. The Labute approximate surface area is 135 Å². The van der Waals surface area contributed by atoms with Gasteiger partial charge in [0, 0.05) is 5.56 Å². The van der Waals surface area contributed by atoms with Crippen molar-refractivity contribution in [1.82, 2.24) is 15.4 Å². The van der Waals surface area contributed by atoms with Gasteiger partial charge < -0.3 is 10.5 Å². The first-order valence-electron chi connectivity index (χ1n) is 7.45. The van der Waals surface area contributed by atoms with Crippen molar-refractivity contribution in [3.05, 3.63) is 35.5 Å². The quantitative estimate of drug-likeness (QED) is 0.324.